The maximum atomic E-state index is 12.1. The van der Waals surface area contributed by atoms with Gasteiger partial charge in [-0.2, -0.15) is 0 Å². The van der Waals surface area contributed by atoms with E-state index in [9.17, 15) is 26.4 Å². The molecule has 0 fully saturated rings. The Morgan fingerprint density at radius 2 is 1.67 bits per heavy atom. The van der Waals surface area contributed by atoms with Crippen LogP contribution in [0.5, 0.6) is 5.75 Å². The Morgan fingerprint density at radius 3 is 2.19 bits per heavy atom. The van der Waals surface area contributed by atoms with Gasteiger partial charge in [0.2, 0.25) is 0 Å². The van der Waals surface area contributed by atoms with E-state index in [1.54, 1.807) is 0 Å². The smallest absolute Gasteiger partial charge is 0.406 e. The van der Waals surface area contributed by atoms with Crippen LogP contribution in [0.1, 0.15) is 10.4 Å². The molecule has 2 aromatic carbocycles. The van der Waals surface area contributed by atoms with E-state index in [2.05, 4.69) is 10.1 Å². The molecule has 2 rings (SSSR count). The van der Waals surface area contributed by atoms with E-state index in [0.717, 1.165) is 35.7 Å². The number of sulfone groups is 1. The summed E-state index contributed by atoms with van der Waals surface area (Å²) in [7, 11) is -3.70. The van der Waals surface area contributed by atoms with Gasteiger partial charge in [0.1, 0.15) is 5.75 Å². The zero-order valence-corrected chi connectivity index (χ0v) is 14.4. The SMILES string of the molecule is O=C(Nc1ccc(S(=O)(=O)C=CCO)cc1)c1ccc(OC(F)(F)F)cc1. The summed E-state index contributed by atoms with van der Waals surface area (Å²) in [6.07, 6.45) is -3.74. The lowest BCUT2D eigenvalue weighted by atomic mass is 10.2. The number of halogens is 3. The second-order valence-electron chi connectivity index (χ2n) is 5.15. The van der Waals surface area contributed by atoms with E-state index in [-0.39, 0.29) is 10.5 Å². The van der Waals surface area contributed by atoms with Gasteiger partial charge in [-0.05, 0) is 54.6 Å². The number of anilines is 1. The first-order valence-corrected chi connectivity index (χ1v) is 8.95. The van der Waals surface area contributed by atoms with Gasteiger partial charge in [-0.25, -0.2) is 8.42 Å². The molecule has 0 spiro atoms. The van der Waals surface area contributed by atoms with E-state index >= 15 is 0 Å². The van der Waals surface area contributed by atoms with Gasteiger partial charge in [-0.3, -0.25) is 4.79 Å². The summed E-state index contributed by atoms with van der Waals surface area (Å²) >= 11 is 0. The van der Waals surface area contributed by atoms with Crippen molar-refractivity contribution in [2.45, 2.75) is 11.3 Å². The van der Waals surface area contributed by atoms with Gasteiger partial charge in [0.05, 0.1) is 11.5 Å². The van der Waals surface area contributed by atoms with Gasteiger partial charge in [-0.1, -0.05) is 0 Å². The van der Waals surface area contributed by atoms with Crippen LogP contribution in [0.15, 0.2) is 64.9 Å². The van der Waals surface area contributed by atoms with Crippen LogP contribution in [0.3, 0.4) is 0 Å². The van der Waals surface area contributed by atoms with Gasteiger partial charge in [0, 0.05) is 16.7 Å². The standard InChI is InChI=1S/C17H14F3NO5S/c18-17(19,20)26-14-6-2-12(3-7-14)16(23)21-13-4-8-15(9-5-13)27(24,25)11-1-10-22/h1-9,11,22H,10H2,(H,21,23). The molecule has 0 saturated carbocycles. The van der Waals surface area contributed by atoms with Gasteiger partial charge in [0.15, 0.2) is 9.84 Å². The highest BCUT2D eigenvalue weighted by Crippen LogP contribution is 2.23. The molecule has 0 aliphatic heterocycles. The minimum atomic E-state index is -4.82. The van der Waals surface area contributed by atoms with Crippen LogP contribution < -0.4 is 10.1 Å². The van der Waals surface area contributed by atoms with Crippen molar-refractivity contribution in [3.63, 3.8) is 0 Å². The summed E-state index contributed by atoms with van der Waals surface area (Å²) in [6, 6.07) is 9.60. The summed E-state index contributed by atoms with van der Waals surface area (Å²) in [5.74, 6) is -1.05. The average Bonchev–Trinajstić information content (AvgIpc) is 2.59. The molecule has 2 N–H and O–H groups in total. The first-order chi connectivity index (χ1) is 12.6. The first kappa shape index (κ1) is 20.5. The quantitative estimate of drug-likeness (QED) is 0.776. The molecule has 0 aliphatic carbocycles. The second-order valence-corrected chi connectivity index (χ2v) is 6.98. The highest BCUT2D eigenvalue weighted by atomic mass is 32.2. The lowest BCUT2D eigenvalue weighted by molar-refractivity contribution is -0.274. The van der Waals surface area contributed by atoms with Crippen molar-refractivity contribution in [3.05, 3.63) is 65.6 Å². The number of carbonyl (C=O) groups excluding carboxylic acids is 1. The molecule has 0 heterocycles. The predicted octanol–water partition coefficient (Wildman–Crippen LogP) is 3.12. The number of aliphatic hydroxyl groups is 1. The molecule has 10 heteroatoms. The molecule has 0 saturated heterocycles. The molecule has 6 nitrogen and oxygen atoms in total. The molecular weight excluding hydrogens is 387 g/mol. The number of amides is 1. The fraction of sp³-hybridized carbons (Fsp3) is 0.118. The maximum Gasteiger partial charge on any atom is 0.573 e. The normalized spacial score (nSPS) is 12.1. The topological polar surface area (TPSA) is 92.7 Å². The molecule has 0 unspecified atom stereocenters. The van der Waals surface area contributed by atoms with E-state index in [4.69, 9.17) is 5.11 Å². The summed E-state index contributed by atoms with van der Waals surface area (Å²) in [5, 5.41) is 12.0. The summed E-state index contributed by atoms with van der Waals surface area (Å²) < 4.78 is 63.9. The number of ether oxygens (including phenoxy) is 1. The highest BCUT2D eigenvalue weighted by Gasteiger charge is 2.31. The number of hydrogen-bond donors (Lipinski definition) is 2. The third-order valence-corrected chi connectivity index (χ3v) is 4.65. The lowest BCUT2D eigenvalue weighted by Gasteiger charge is -2.09. The molecule has 0 atom stereocenters. The number of hydrogen-bond acceptors (Lipinski definition) is 5. The van der Waals surface area contributed by atoms with Crippen LogP contribution >= 0.6 is 0 Å². The van der Waals surface area contributed by atoms with Gasteiger partial charge >= 0.3 is 6.36 Å². The van der Waals surface area contributed by atoms with Crippen LogP contribution in [0.4, 0.5) is 18.9 Å². The maximum absolute atomic E-state index is 12.1. The number of benzene rings is 2. The van der Waals surface area contributed by atoms with Crippen LogP contribution in [-0.4, -0.2) is 32.4 Å². The zero-order valence-electron chi connectivity index (χ0n) is 13.6. The van der Waals surface area contributed by atoms with E-state index in [1.165, 1.54) is 24.3 Å². The summed E-state index contributed by atoms with van der Waals surface area (Å²) in [6.45, 7) is -0.416. The largest absolute Gasteiger partial charge is 0.573 e. The zero-order chi connectivity index (χ0) is 20.1. The summed E-state index contributed by atoms with van der Waals surface area (Å²) in [4.78, 5) is 12.1. The summed E-state index contributed by atoms with van der Waals surface area (Å²) in [5.41, 5.74) is 0.382. The van der Waals surface area contributed by atoms with Crippen molar-refractivity contribution in [1.82, 2.24) is 0 Å². The van der Waals surface area contributed by atoms with Crippen molar-refractivity contribution >= 4 is 21.4 Å². The van der Waals surface area contributed by atoms with Crippen LogP contribution in [0.2, 0.25) is 0 Å². The minimum Gasteiger partial charge on any atom is -0.406 e. The lowest BCUT2D eigenvalue weighted by Crippen LogP contribution is -2.17. The first-order valence-electron chi connectivity index (χ1n) is 7.40. The average molecular weight is 401 g/mol. The van der Waals surface area contributed by atoms with Crippen LogP contribution in [-0.2, 0) is 9.84 Å². The van der Waals surface area contributed by atoms with E-state index in [0.29, 0.717) is 5.69 Å². The Bertz CT molecular complexity index is 921. The van der Waals surface area contributed by atoms with Gasteiger partial charge in [0.25, 0.3) is 5.91 Å². The number of aliphatic hydroxyl groups excluding tert-OH is 1. The number of rotatable bonds is 6. The Hall–Kier alpha value is -2.85. The van der Waals surface area contributed by atoms with Crippen molar-refractivity contribution < 1.29 is 36.2 Å². The van der Waals surface area contributed by atoms with Gasteiger partial charge < -0.3 is 15.2 Å². The Kier molecular flexibility index (Phi) is 6.24. The van der Waals surface area contributed by atoms with Crippen molar-refractivity contribution in [2.75, 3.05) is 11.9 Å². The Balaban J connectivity index is 2.07. The Morgan fingerprint density at radius 1 is 1.07 bits per heavy atom. The molecule has 144 valence electrons. The fourth-order valence-electron chi connectivity index (χ4n) is 1.99. The number of nitrogens with one attached hydrogen (secondary N) is 1. The number of carbonyl (C=O) groups is 1. The third-order valence-electron chi connectivity index (χ3n) is 3.17. The van der Waals surface area contributed by atoms with E-state index < -0.39 is 34.5 Å². The third kappa shape index (κ3) is 6.12. The van der Waals surface area contributed by atoms with Crippen molar-refractivity contribution in [2.24, 2.45) is 0 Å². The monoisotopic (exact) mass is 401 g/mol. The molecule has 27 heavy (non-hydrogen) atoms. The van der Waals surface area contributed by atoms with Gasteiger partial charge in [-0.15, -0.1) is 13.2 Å². The molecule has 0 bridgehead atoms. The van der Waals surface area contributed by atoms with E-state index in [1.807, 2.05) is 0 Å². The predicted molar refractivity (Wildman–Crippen MR) is 90.9 cm³/mol. The molecule has 1 amide bonds. The van der Waals surface area contributed by atoms with Crippen LogP contribution in [0, 0.1) is 0 Å². The molecule has 0 aliphatic rings. The molecule has 2 aromatic rings. The second kappa shape index (κ2) is 8.23. The number of alkyl halides is 3. The molecular formula is C17H14F3NO5S. The van der Waals surface area contributed by atoms with Crippen molar-refractivity contribution in [1.29, 1.82) is 0 Å². The minimum absolute atomic E-state index is 0.0288. The van der Waals surface area contributed by atoms with Crippen LogP contribution in [0.25, 0.3) is 0 Å². The molecule has 0 aromatic heterocycles. The highest BCUT2D eigenvalue weighted by molar-refractivity contribution is 7.94. The van der Waals surface area contributed by atoms with Crippen molar-refractivity contribution in [3.8, 4) is 5.75 Å². The molecule has 0 radical (unpaired) electrons. The fourth-order valence-corrected chi connectivity index (χ4v) is 3.00. The Labute approximate surface area is 152 Å².